The van der Waals surface area contributed by atoms with E-state index in [1.807, 2.05) is 46.2 Å². The molecule has 1 aromatic heterocycles. The minimum absolute atomic E-state index is 0.0273. The van der Waals surface area contributed by atoms with Gasteiger partial charge in [0.25, 0.3) is 5.91 Å². The van der Waals surface area contributed by atoms with Gasteiger partial charge in [0.1, 0.15) is 0 Å². The van der Waals surface area contributed by atoms with Gasteiger partial charge in [0, 0.05) is 17.9 Å². The van der Waals surface area contributed by atoms with Crippen LogP contribution in [0, 0.1) is 0 Å². The summed E-state index contributed by atoms with van der Waals surface area (Å²) in [6.07, 6.45) is 2.45. The fourth-order valence-corrected chi connectivity index (χ4v) is 3.44. The molecule has 1 aromatic carbocycles. The molecule has 126 valence electrons. The first kappa shape index (κ1) is 16.6. The molecule has 0 saturated heterocycles. The molecule has 1 amide bonds. The van der Waals surface area contributed by atoms with E-state index in [-0.39, 0.29) is 12.3 Å². The van der Waals surface area contributed by atoms with E-state index in [0.717, 1.165) is 21.8 Å². The zero-order valence-electron chi connectivity index (χ0n) is 13.4. The van der Waals surface area contributed by atoms with E-state index in [1.54, 1.807) is 11.8 Å². The minimum Gasteiger partial charge on any atom is -0.481 e. The molecule has 2 aromatic rings. The molecule has 0 radical (unpaired) electrons. The Balaban J connectivity index is 1.74. The van der Waals surface area contributed by atoms with E-state index in [9.17, 15) is 9.59 Å². The number of thioether (sulfide) groups is 1. The highest BCUT2D eigenvalue weighted by Gasteiger charge is 2.24. The number of hydrogen-bond donors (Lipinski definition) is 1. The summed E-state index contributed by atoms with van der Waals surface area (Å²) < 4.78 is 1.88. The summed E-state index contributed by atoms with van der Waals surface area (Å²) in [7, 11) is 0. The van der Waals surface area contributed by atoms with Crippen LogP contribution in [-0.2, 0) is 24.3 Å². The molecule has 1 aliphatic heterocycles. The molecule has 0 spiro atoms. The van der Waals surface area contributed by atoms with Crippen molar-refractivity contribution in [1.82, 2.24) is 14.7 Å². The van der Waals surface area contributed by atoms with Crippen molar-refractivity contribution in [3.8, 4) is 0 Å². The Morgan fingerprint density at radius 3 is 2.83 bits per heavy atom. The predicted octanol–water partition coefficient (Wildman–Crippen LogP) is 2.28. The second kappa shape index (κ2) is 7.09. The Morgan fingerprint density at radius 1 is 1.29 bits per heavy atom. The summed E-state index contributed by atoms with van der Waals surface area (Å²) in [5.74, 6) is -0.800. The van der Waals surface area contributed by atoms with E-state index in [2.05, 4.69) is 5.10 Å². The van der Waals surface area contributed by atoms with Crippen molar-refractivity contribution in [2.45, 2.75) is 30.8 Å². The SMILES string of the molecule is CSc1ccccc1C(=O)N1CCn2nc(CCC(=O)O)cc2C1. The van der Waals surface area contributed by atoms with Crippen LogP contribution in [0.4, 0.5) is 0 Å². The Kier molecular flexibility index (Phi) is 4.89. The number of aryl methyl sites for hydroxylation is 1. The predicted molar refractivity (Wildman–Crippen MR) is 91.1 cm³/mol. The van der Waals surface area contributed by atoms with Gasteiger partial charge in [0.05, 0.1) is 36.5 Å². The van der Waals surface area contributed by atoms with Gasteiger partial charge >= 0.3 is 5.97 Å². The number of hydrogen-bond acceptors (Lipinski definition) is 4. The van der Waals surface area contributed by atoms with Gasteiger partial charge in [-0.3, -0.25) is 14.3 Å². The standard InChI is InChI=1S/C17H19N3O3S/c1-24-15-5-3-2-4-14(15)17(23)19-8-9-20-13(11-19)10-12(18-20)6-7-16(21)22/h2-5,10H,6-9,11H2,1H3,(H,21,22). The molecule has 1 N–H and O–H groups in total. The first-order valence-electron chi connectivity index (χ1n) is 7.78. The molecule has 24 heavy (non-hydrogen) atoms. The Morgan fingerprint density at radius 2 is 2.08 bits per heavy atom. The van der Waals surface area contributed by atoms with E-state index in [0.29, 0.717) is 26.1 Å². The Labute approximate surface area is 144 Å². The first-order valence-corrected chi connectivity index (χ1v) is 9.00. The number of carboxylic acids is 1. The normalized spacial score (nSPS) is 13.6. The van der Waals surface area contributed by atoms with Crippen molar-refractivity contribution in [3.63, 3.8) is 0 Å². The first-order chi connectivity index (χ1) is 11.6. The molecule has 0 saturated carbocycles. The van der Waals surface area contributed by atoms with Gasteiger partial charge in [-0.25, -0.2) is 0 Å². The number of benzene rings is 1. The molecule has 0 atom stereocenters. The average molecular weight is 345 g/mol. The molecule has 6 nitrogen and oxygen atoms in total. The minimum atomic E-state index is -0.827. The molecule has 0 bridgehead atoms. The number of fused-ring (bicyclic) bond motifs is 1. The Bertz CT molecular complexity index is 772. The van der Waals surface area contributed by atoms with Crippen LogP contribution in [0.1, 0.15) is 28.2 Å². The van der Waals surface area contributed by atoms with Crippen LogP contribution in [0.2, 0.25) is 0 Å². The fraction of sp³-hybridized carbons (Fsp3) is 0.353. The molecule has 1 aliphatic rings. The third kappa shape index (κ3) is 3.46. The lowest BCUT2D eigenvalue weighted by molar-refractivity contribution is -0.136. The lowest BCUT2D eigenvalue weighted by atomic mass is 10.1. The molecule has 3 rings (SSSR count). The number of carbonyl (C=O) groups excluding carboxylic acids is 1. The molecule has 0 aliphatic carbocycles. The van der Waals surface area contributed by atoms with Crippen LogP contribution in [0.15, 0.2) is 35.2 Å². The summed E-state index contributed by atoms with van der Waals surface area (Å²) in [5, 5.41) is 13.2. The summed E-state index contributed by atoms with van der Waals surface area (Å²) in [6.45, 7) is 1.74. The third-order valence-corrected chi connectivity index (χ3v) is 4.86. The maximum absolute atomic E-state index is 12.8. The van der Waals surface area contributed by atoms with Crippen LogP contribution >= 0.6 is 11.8 Å². The van der Waals surface area contributed by atoms with Crippen molar-refractivity contribution in [2.75, 3.05) is 12.8 Å². The smallest absolute Gasteiger partial charge is 0.303 e. The number of rotatable bonds is 5. The topological polar surface area (TPSA) is 75.4 Å². The number of amides is 1. The second-order valence-electron chi connectivity index (χ2n) is 5.67. The van der Waals surface area contributed by atoms with Crippen LogP contribution < -0.4 is 0 Å². The summed E-state index contributed by atoms with van der Waals surface area (Å²) >= 11 is 1.57. The third-order valence-electron chi connectivity index (χ3n) is 4.07. The molecule has 0 fully saturated rings. The highest BCUT2D eigenvalue weighted by molar-refractivity contribution is 7.98. The largest absolute Gasteiger partial charge is 0.481 e. The molecule has 7 heteroatoms. The monoisotopic (exact) mass is 345 g/mol. The van der Waals surface area contributed by atoms with Gasteiger partial charge in [-0.15, -0.1) is 11.8 Å². The maximum Gasteiger partial charge on any atom is 0.303 e. The van der Waals surface area contributed by atoms with Gasteiger partial charge in [-0.2, -0.15) is 5.10 Å². The van der Waals surface area contributed by atoms with E-state index >= 15 is 0 Å². The molecule has 2 heterocycles. The van der Waals surface area contributed by atoms with Crippen molar-refractivity contribution < 1.29 is 14.7 Å². The lowest BCUT2D eigenvalue weighted by Gasteiger charge is -2.28. The number of nitrogens with zero attached hydrogens (tertiary/aromatic N) is 3. The number of carboxylic acid groups (broad SMARTS) is 1. The maximum atomic E-state index is 12.8. The van der Waals surface area contributed by atoms with Gasteiger partial charge in [0.15, 0.2) is 0 Å². The molecular formula is C17H19N3O3S. The highest BCUT2D eigenvalue weighted by atomic mass is 32.2. The molecular weight excluding hydrogens is 326 g/mol. The zero-order valence-corrected chi connectivity index (χ0v) is 14.3. The van der Waals surface area contributed by atoms with Crippen molar-refractivity contribution >= 4 is 23.6 Å². The van der Waals surface area contributed by atoms with Gasteiger partial charge in [-0.1, -0.05) is 12.1 Å². The lowest BCUT2D eigenvalue weighted by Crippen LogP contribution is -2.38. The van der Waals surface area contributed by atoms with Crippen molar-refractivity contribution in [3.05, 3.63) is 47.3 Å². The van der Waals surface area contributed by atoms with Crippen LogP contribution in [0.5, 0.6) is 0 Å². The van der Waals surface area contributed by atoms with Crippen molar-refractivity contribution in [1.29, 1.82) is 0 Å². The van der Waals surface area contributed by atoms with E-state index < -0.39 is 5.97 Å². The van der Waals surface area contributed by atoms with E-state index in [4.69, 9.17) is 5.11 Å². The van der Waals surface area contributed by atoms with Crippen LogP contribution in [0.3, 0.4) is 0 Å². The van der Waals surface area contributed by atoms with Gasteiger partial charge < -0.3 is 10.0 Å². The van der Waals surface area contributed by atoms with E-state index in [1.165, 1.54) is 0 Å². The Hall–Kier alpha value is -2.28. The molecule has 0 unspecified atom stereocenters. The summed E-state index contributed by atoms with van der Waals surface area (Å²) in [4.78, 5) is 26.3. The fourth-order valence-electron chi connectivity index (χ4n) is 2.85. The number of aromatic nitrogens is 2. The van der Waals surface area contributed by atoms with Crippen LogP contribution in [-0.4, -0.2) is 44.5 Å². The van der Waals surface area contributed by atoms with Crippen LogP contribution in [0.25, 0.3) is 0 Å². The number of carbonyl (C=O) groups is 2. The average Bonchev–Trinajstić information content (AvgIpc) is 3.01. The highest BCUT2D eigenvalue weighted by Crippen LogP contribution is 2.23. The van der Waals surface area contributed by atoms with Crippen molar-refractivity contribution in [2.24, 2.45) is 0 Å². The zero-order chi connectivity index (χ0) is 17.1. The summed E-state index contributed by atoms with van der Waals surface area (Å²) in [6, 6.07) is 9.53. The number of aliphatic carboxylic acids is 1. The van der Waals surface area contributed by atoms with Gasteiger partial charge in [0.2, 0.25) is 0 Å². The quantitative estimate of drug-likeness (QED) is 0.842. The second-order valence-corrected chi connectivity index (χ2v) is 6.52. The van der Waals surface area contributed by atoms with Gasteiger partial charge in [-0.05, 0) is 24.5 Å². The summed E-state index contributed by atoms with van der Waals surface area (Å²) in [5.41, 5.74) is 2.45.